The normalized spacial score (nSPS) is 13.9. The Hall–Kier alpha value is -0.980. The van der Waals surface area contributed by atoms with E-state index in [2.05, 4.69) is 56.0 Å². The minimum Gasteiger partial charge on any atom is -0.195 e. The lowest BCUT2D eigenvalue weighted by molar-refractivity contribution is 0.711. The molecule has 0 aliphatic carbocycles. The van der Waals surface area contributed by atoms with Crippen molar-refractivity contribution in [1.82, 2.24) is 0 Å². The topological polar surface area (TPSA) is 12.4 Å². The third-order valence-electron chi connectivity index (χ3n) is 3.50. The summed E-state index contributed by atoms with van der Waals surface area (Å²) >= 11 is 4.69. The van der Waals surface area contributed by atoms with Crippen LogP contribution >= 0.6 is 12.2 Å². The highest BCUT2D eigenvalue weighted by atomic mass is 32.1. The summed E-state index contributed by atoms with van der Waals surface area (Å²) in [7, 11) is 0. The van der Waals surface area contributed by atoms with Crippen molar-refractivity contribution in [2.24, 2.45) is 4.99 Å². The van der Waals surface area contributed by atoms with Crippen molar-refractivity contribution in [3.8, 4) is 0 Å². The van der Waals surface area contributed by atoms with Gasteiger partial charge in [0.1, 0.15) is 0 Å². The highest BCUT2D eigenvalue weighted by Crippen LogP contribution is 2.29. The van der Waals surface area contributed by atoms with Gasteiger partial charge in [-0.05, 0) is 60.2 Å². The molecule has 1 nitrogen and oxygen atoms in total. The molecule has 0 N–H and O–H groups in total. The minimum absolute atomic E-state index is 0.568. The van der Waals surface area contributed by atoms with Gasteiger partial charge in [-0.2, -0.15) is 4.99 Å². The van der Waals surface area contributed by atoms with E-state index >= 15 is 0 Å². The quantitative estimate of drug-likeness (QED) is 0.498. The summed E-state index contributed by atoms with van der Waals surface area (Å²) in [5, 5.41) is 2.46. The first-order valence-electron chi connectivity index (χ1n) is 6.35. The second-order valence-corrected chi connectivity index (χ2v) is 4.86. The standard InChI is InChI=1S/C15H21NS/c1-5-11(3)13-7-14(12(4)6-2)9-15(8-13)16-10-17/h7-9,11-12H,5-6H2,1-4H3. The van der Waals surface area contributed by atoms with Crippen molar-refractivity contribution >= 4 is 23.1 Å². The molecule has 0 aromatic heterocycles. The number of aliphatic imine (C=N–C) groups is 1. The van der Waals surface area contributed by atoms with Gasteiger partial charge in [0.25, 0.3) is 0 Å². The van der Waals surface area contributed by atoms with Gasteiger partial charge in [0.05, 0.1) is 10.8 Å². The zero-order valence-corrected chi connectivity index (χ0v) is 12.0. The lowest BCUT2D eigenvalue weighted by atomic mass is 9.91. The van der Waals surface area contributed by atoms with Gasteiger partial charge in [-0.25, -0.2) is 0 Å². The lowest BCUT2D eigenvalue weighted by Crippen LogP contribution is -1.96. The molecule has 2 atom stereocenters. The van der Waals surface area contributed by atoms with E-state index in [0.717, 1.165) is 18.5 Å². The van der Waals surface area contributed by atoms with Gasteiger partial charge in [-0.3, -0.25) is 0 Å². The Morgan fingerprint density at radius 2 is 1.53 bits per heavy atom. The third-order valence-corrected chi connectivity index (χ3v) is 3.59. The number of nitrogens with zero attached hydrogens (tertiary/aromatic N) is 1. The molecule has 0 aliphatic heterocycles. The first kappa shape index (κ1) is 14.1. The largest absolute Gasteiger partial charge is 0.195 e. The molecule has 1 rings (SSSR count). The van der Waals surface area contributed by atoms with Crippen molar-refractivity contribution in [3.63, 3.8) is 0 Å². The van der Waals surface area contributed by atoms with E-state index in [1.807, 2.05) is 0 Å². The zero-order valence-electron chi connectivity index (χ0n) is 11.2. The predicted molar refractivity (Wildman–Crippen MR) is 78.5 cm³/mol. The van der Waals surface area contributed by atoms with E-state index in [4.69, 9.17) is 12.2 Å². The molecule has 0 saturated carbocycles. The maximum Gasteiger partial charge on any atom is 0.0745 e. The van der Waals surface area contributed by atoms with Crippen LogP contribution in [0.3, 0.4) is 0 Å². The van der Waals surface area contributed by atoms with Gasteiger partial charge in [0.15, 0.2) is 0 Å². The molecule has 1 aromatic carbocycles. The molecule has 0 amide bonds. The number of isothiocyanates is 1. The van der Waals surface area contributed by atoms with Gasteiger partial charge in [0, 0.05) is 0 Å². The molecular formula is C15H21NS. The van der Waals surface area contributed by atoms with E-state index < -0.39 is 0 Å². The van der Waals surface area contributed by atoms with Gasteiger partial charge in [0.2, 0.25) is 0 Å². The predicted octanol–water partition coefficient (Wildman–Crippen LogP) is 5.45. The monoisotopic (exact) mass is 247 g/mol. The van der Waals surface area contributed by atoms with Gasteiger partial charge < -0.3 is 0 Å². The molecule has 92 valence electrons. The second-order valence-electron chi connectivity index (χ2n) is 4.68. The molecule has 0 heterocycles. The molecule has 2 unspecified atom stereocenters. The van der Waals surface area contributed by atoms with Crippen LogP contribution in [0, 0.1) is 0 Å². The van der Waals surface area contributed by atoms with Crippen LogP contribution in [0.15, 0.2) is 23.2 Å². The molecule has 0 saturated heterocycles. The molecule has 0 bridgehead atoms. The van der Waals surface area contributed by atoms with Crippen LogP contribution < -0.4 is 0 Å². The second kappa shape index (κ2) is 6.68. The SMILES string of the molecule is CCC(C)c1cc(N=C=S)cc(C(C)CC)c1. The maximum atomic E-state index is 4.69. The van der Waals surface area contributed by atoms with Crippen LogP contribution in [-0.4, -0.2) is 5.16 Å². The fraction of sp³-hybridized carbons (Fsp3) is 0.533. The first-order valence-corrected chi connectivity index (χ1v) is 6.75. The average Bonchev–Trinajstić information content (AvgIpc) is 2.36. The summed E-state index contributed by atoms with van der Waals surface area (Å²) < 4.78 is 0. The van der Waals surface area contributed by atoms with Gasteiger partial charge in [-0.15, -0.1) is 0 Å². The number of rotatable bonds is 5. The van der Waals surface area contributed by atoms with Gasteiger partial charge in [-0.1, -0.05) is 33.8 Å². The molecular weight excluding hydrogens is 226 g/mol. The van der Waals surface area contributed by atoms with E-state index in [0.29, 0.717) is 11.8 Å². The Morgan fingerprint density at radius 3 is 1.88 bits per heavy atom. The molecule has 17 heavy (non-hydrogen) atoms. The van der Waals surface area contributed by atoms with Crippen LogP contribution in [0.4, 0.5) is 5.69 Å². The van der Waals surface area contributed by atoms with Crippen LogP contribution in [0.1, 0.15) is 63.5 Å². The Balaban J connectivity index is 3.22. The Bertz CT molecular complexity index is 391. The first-order chi connectivity index (χ1) is 8.12. The third kappa shape index (κ3) is 3.76. The Morgan fingerprint density at radius 1 is 1.06 bits per heavy atom. The van der Waals surface area contributed by atoms with Crippen molar-refractivity contribution < 1.29 is 0 Å². The summed E-state index contributed by atoms with van der Waals surface area (Å²) in [5.74, 6) is 1.14. The van der Waals surface area contributed by atoms with Crippen molar-refractivity contribution in [2.75, 3.05) is 0 Å². The number of hydrogen-bond acceptors (Lipinski definition) is 2. The molecule has 0 fully saturated rings. The minimum atomic E-state index is 0.568. The summed E-state index contributed by atoms with van der Waals surface area (Å²) in [4.78, 5) is 4.13. The number of hydrogen-bond donors (Lipinski definition) is 0. The van der Waals surface area contributed by atoms with E-state index in [-0.39, 0.29) is 0 Å². The molecule has 2 heteroatoms. The van der Waals surface area contributed by atoms with E-state index in [1.165, 1.54) is 11.1 Å². The van der Waals surface area contributed by atoms with E-state index in [1.54, 1.807) is 0 Å². The van der Waals surface area contributed by atoms with Crippen LogP contribution in [0.2, 0.25) is 0 Å². The van der Waals surface area contributed by atoms with Crippen molar-refractivity contribution in [2.45, 2.75) is 52.4 Å². The van der Waals surface area contributed by atoms with Gasteiger partial charge >= 0.3 is 0 Å². The lowest BCUT2D eigenvalue weighted by Gasteiger charge is -2.15. The summed E-state index contributed by atoms with van der Waals surface area (Å²) in [6, 6.07) is 6.56. The zero-order chi connectivity index (χ0) is 12.8. The average molecular weight is 247 g/mol. The highest BCUT2D eigenvalue weighted by molar-refractivity contribution is 7.78. The van der Waals surface area contributed by atoms with E-state index in [9.17, 15) is 0 Å². The van der Waals surface area contributed by atoms with Crippen molar-refractivity contribution in [3.05, 3.63) is 29.3 Å². The fourth-order valence-electron chi connectivity index (χ4n) is 1.82. The Labute approximate surface area is 110 Å². The molecule has 0 aliphatic rings. The maximum absolute atomic E-state index is 4.69. The number of benzene rings is 1. The smallest absolute Gasteiger partial charge is 0.0745 e. The fourth-order valence-corrected chi connectivity index (χ4v) is 1.92. The molecule has 0 radical (unpaired) electrons. The van der Waals surface area contributed by atoms with Crippen LogP contribution in [-0.2, 0) is 0 Å². The summed E-state index contributed by atoms with van der Waals surface area (Å²) in [5.41, 5.74) is 3.65. The van der Waals surface area contributed by atoms with Crippen LogP contribution in [0.25, 0.3) is 0 Å². The molecule has 0 spiro atoms. The van der Waals surface area contributed by atoms with Crippen molar-refractivity contribution in [1.29, 1.82) is 0 Å². The van der Waals surface area contributed by atoms with Crippen LogP contribution in [0.5, 0.6) is 0 Å². The summed E-state index contributed by atoms with van der Waals surface area (Å²) in [6.07, 6.45) is 2.29. The summed E-state index contributed by atoms with van der Waals surface area (Å²) in [6.45, 7) is 8.92. The highest BCUT2D eigenvalue weighted by Gasteiger charge is 2.09. The Kier molecular flexibility index (Phi) is 5.54. The number of thiocarbonyl (C=S) groups is 1. The molecule has 1 aromatic rings.